The number of nitrogens with zero attached hydrogens (tertiary/aromatic N) is 3. The van der Waals surface area contributed by atoms with Crippen molar-refractivity contribution in [2.45, 2.75) is 57.5 Å². The Labute approximate surface area is 252 Å². The fourth-order valence-corrected chi connectivity index (χ4v) is 5.42. The summed E-state index contributed by atoms with van der Waals surface area (Å²) in [7, 11) is 1.92. The van der Waals surface area contributed by atoms with Crippen molar-refractivity contribution in [1.29, 1.82) is 0 Å². The van der Waals surface area contributed by atoms with Crippen LogP contribution in [0.15, 0.2) is 83.9 Å². The second-order valence-electron chi connectivity index (χ2n) is 10.9. The molecule has 9 nitrogen and oxygen atoms in total. The Morgan fingerprint density at radius 1 is 0.930 bits per heavy atom. The van der Waals surface area contributed by atoms with Crippen LogP contribution in [0.1, 0.15) is 60.9 Å². The Morgan fingerprint density at radius 3 is 2.40 bits per heavy atom. The molecule has 43 heavy (non-hydrogen) atoms. The van der Waals surface area contributed by atoms with Gasteiger partial charge in [0, 0.05) is 37.2 Å². The molecule has 0 bridgehead atoms. The number of carbonyl (C=O) groups excluding carboxylic acids is 3. The van der Waals surface area contributed by atoms with E-state index in [1.807, 2.05) is 42.3 Å². The molecule has 0 radical (unpaired) electrons. The molecule has 3 aromatic carbocycles. The molecule has 0 atom stereocenters. The van der Waals surface area contributed by atoms with Gasteiger partial charge in [-0.05, 0) is 61.7 Å². The van der Waals surface area contributed by atoms with Crippen LogP contribution in [0.25, 0.3) is 0 Å². The van der Waals surface area contributed by atoms with Crippen molar-refractivity contribution in [1.82, 2.24) is 15.1 Å². The second-order valence-corrected chi connectivity index (χ2v) is 10.9. The number of para-hydroxylation sites is 1. The molecule has 1 fully saturated rings. The fourth-order valence-electron chi connectivity index (χ4n) is 5.42. The highest BCUT2D eigenvalue weighted by Crippen LogP contribution is 2.30. The average Bonchev–Trinajstić information content (AvgIpc) is 3.04. The van der Waals surface area contributed by atoms with Crippen molar-refractivity contribution in [2.75, 3.05) is 20.2 Å². The summed E-state index contributed by atoms with van der Waals surface area (Å²) in [6.07, 6.45) is 6.91. The van der Waals surface area contributed by atoms with E-state index < -0.39 is 5.97 Å². The third kappa shape index (κ3) is 8.22. The SMILES string of the molecule is CN(C(=O)CCCOc1ccc2c(c1)CN(CC(=O)Oc1ccccc1)C(NC(=O)c1ccccc1)=N2)C1CCCCC1. The Hall–Kier alpha value is -4.66. The van der Waals surface area contributed by atoms with Crippen molar-refractivity contribution in [2.24, 2.45) is 4.99 Å². The molecule has 1 heterocycles. The van der Waals surface area contributed by atoms with E-state index in [0.29, 0.717) is 54.8 Å². The van der Waals surface area contributed by atoms with Crippen LogP contribution in [0.5, 0.6) is 11.5 Å². The van der Waals surface area contributed by atoms with E-state index in [9.17, 15) is 14.4 Å². The molecular weight excluding hydrogens is 544 g/mol. The van der Waals surface area contributed by atoms with E-state index in [-0.39, 0.29) is 24.3 Å². The molecule has 2 aliphatic rings. The highest BCUT2D eigenvalue weighted by atomic mass is 16.5. The minimum absolute atomic E-state index is 0.121. The van der Waals surface area contributed by atoms with Crippen molar-refractivity contribution in [3.8, 4) is 11.5 Å². The molecule has 1 aliphatic carbocycles. The molecule has 224 valence electrons. The first-order valence-corrected chi connectivity index (χ1v) is 14.9. The van der Waals surface area contributed by atoms with Crippen molar-refractivity contribution >= 4 is 29.4 Å². The first-order chi connectivity index (χ1) is 21.0. The third-order valence-electron chi connectivity index (χ3n) is 7.81. The van der Waals surface area contributed by atoms with Crippen molar-refractivity contribution < 1.29 is 23.9 Å². The molecule has 1 aliphatic heterocycles. The molecule has 1 saturated carbocycles. The Morgan fingerprint density at radius 2 is 1.65 bits per heavy atom. The largest absolute Gasteiger partial charge is 0.494 e. The van der Waals surface area contributed by atoms with Crippen LogP contribution in [0, 0.1) is 0 Å². The number of hydrogen-bond donors (Lipinski definition) is 1. The molecular formula is C34H38N4O5. The molecule has 0 aromatic heterocycles. The van der Waals surface area contributed by atoms with Gasteiger partial charge in [-0.15, -0.1) is 0 Å². The van der Waals surface area contributed by atoms with Gasteiger partial charge in [-0.3, -0.25) is 14.9 Å². The van der Waals surface area contributed by atoms with Crippen LogP contribution < -0.4 is 14.8 Å². The van der Waals surface area contributed by atoms with Gasteiger partial charge >= 0.3 is 5.97 Å². The van der Waals surface area contributed by atoms with Gasteiger partial charge in [0.25, 0.3) is 5.91 Å². The van der Waals surface area contributed by atoms with E-state index in [2.05, 4.69) is 10.3 Å². The van der Waals surface area contributed by atoms with Gasteiger partial charge in [-0.25, -0.2) is 9.79 Å². The minimum atomic E-state index is -0.480. The van der Waals surface area contributed by atoms with Crippen LogP contribution in [0.3, 0.4) is 0 Å². The second kappa shape index (κ2) is 14.5. The van der Waals surface area contributed by atoms with Gasteiger partial charge < -0.3 is 19.3 Å². The van der Waals surface area contributed by atoms with Crippen LogP contribution >= 0.6 is 0 Å². The number of hydrogen-bond acceptors (Lipinski definition) is 7. The predicted octanol–water partition coefficient (Wildman–Crippen LogP) is 5.48. The van der Waals surface area contributed by atoms with Crippen LogP contribution in [-0.2, 0) is 16.1 Å². The molecule has 0 saturated heterocycles. The number of ether oxygens (including phenoxy) is 2. The molecule has 0 unspecified atom stereocenters. The van der Waals surface area contributed by atoms with Gasteiger partial charge in [-0.2, -0.15) is 0 Å². The average molecular weight is 583 g/mol. The van der Waals surface area contributed by atoms with Crippen LogP contribution in [0.2, 0.25) is 0 Å². The molecule has 9 heteroatoms. The van der Waals surface area contributed by atoms with Gasteiger partial charge in [0.05, 0.1) is 12.3 Å². The van der Waals surface area contributed by atoms with Crippen LogP contribution in [-0.4, -0.2) is 59.8 Å². The Balaban J connectivity index is 1.22. The summed E-state index contributed by atoms with van der Waals surface area (Å²) in [5, 5.41) is 2.86. The normalized spacial score (nSPS) is 14.7. The lowest BCUT2D eigenvalue weighted by molar-refractivity contribution is -0.135. The first kappa shape index (κ1) is 29.8. The first-order valence-electron chi connectivity index (χ1n) is 14.9. The summed E-state index contributed by atoms with van der Waals surface area (Å²) in [6, 6.07) is 23.6. The monoisotopic (exact) mass is 582 g/mol. The Bertz CT molecular complexity index is 1440. The molecule has 0 spiro atoms. The van der Waals surface area contributed by atoms with Crippen LogP contribution in [0.4, 0.5) is 5.69 Å². The number of benzene rings is 3. The number of fused-ring (bicyclic) bond motifs is 1. The molecule has 3 aromatic rings. The number of esters is 1. The molecule has 1 N–H and O–H groups in total. The number of amides is 2. The van der Waals surface area contributed by atoms with Crippen molar-refractivity contribution in [3.05, 3.63) is 90.0 Å². The summed E-state index contributed by atoms with van der Waals surface area (Å²) in [5.74, 6) is 0.722. The zero-order valence-corrected chi connectivity index (χ0v) is 24.5. The lowest BCUT2D eigenvalue weighted by Gasteiger charge is -2.31. The summed E-state index contributed by atoms with van der Waals surface area (Å²) in [6.45, 7) is 0.608. The molecule has 5 rings (SSSR count). The van der Waals surface area contributed by atoms with E-state index in [0.717, 1.165) is 18.4 Å². The van der Waals surface area contributed by atoms with Gasteiger partial charge in [0.2, 0.25) is 11.9 Å². The summed E-state index contributed by atoms with van der Waals surface area (Å²) < 4.78 is 11.5. The van der Waals surface area contributed by atoms with Crippen molar-refractivity contribution in [3.63, 3.8) is 0 Å². The summed E-state index contributed by atoms with van der Waals surface area (Å²) in [4.78, 5) is 46.7. The quantitative estimate of drug-likeness (QED) is 0.193. The van der Waals surface area contributed by atoms with Gasteiger partial charge in [0.1, 0.15) is 18.0 Å². The summed E-state index contributed by atoms with van der Waals surface area (Å²) in [5.41, 5.74) is 2.00. The number of nitrogens with one attached hydrogen (secondary N) is 1. The lowest BCUT2D eigenvalue weighted by Crippen LogP contribution is -2.47. The van der Waals surface area contributed by atoms with E-state index in [1.54, 1.807) is 53.4 Å². The number of aliphatic imine (C=N–C) groups is 1. The maximum atomic E-state index is 12.9. The number of carbonyl (C=O) groups is 3. The number of guanidine groups is 1. The van der Waals surface area contributed by atoms with E-state index in [1.165, 1.54) is 19.3 Å². The van der Waals surface area contributed by atoms with Gasteiger partial charge in [0.15, 0.2) is 0 Å². The lowest BCUT2D eigenvalue weighted by atomic mass is 9.94. The predicted molar refractivity (Wildman–Crippen MR) is 164 cm³/mol. The van der Waals surface area contributed by atoms with E-state index in [4.69, 9.17) is 9.47 Å². The highest BCUT2D eigenvalue weighted by molar-refractivity contribution is 6.07. The zero-order valence-electron chi connectivity index (χ0n) is 24.5. The van der Waals surface area contributed by atoms with E-state index >= 15 is 0 Å². The smallest absolute Gasteiger partial charge is 0.331 e. The molecule has 2 amide bonds. The highest BCUT2D eigenvalue weighted by Gasteiger charge is 2.26. The van der Waals surface area contributed by atoms with Gasteiger partial charge in [-0.1, -0.05) is 55.7 Å². The number of rotatable bonds is 10. The topological polar surface area (TPSA) is 101 Å². The minimum Gasteiger partial charge on any atom is -0.494 e. The maximum Gasteiger partial charge on any atom is 0.331 e. The zero-order chi connectivity index (χ0) is 30.0. The third-order valence-corrected chi connectivity index (χ3v) is 7.81. The summed E-state index contributed by atoms with van der Waals surface area (Å²) >= 11 is 0. The fraction of sp³-hybridized carbons (Fsp3) is 0.353. The standard InChI is InChI=1S/C34H38N4O5/c1-37(27-14-7-3-8-15-27)31(39)18-11-21-42-29-19-20-30-26(22-29)23-38(24-32(40)43-28-16-9-4-10-17-28)34(35-30)36-33(41)25-12-5-2-6-13-25/h2,4-6,9-10,12-13,16-17,19-20,22,27H,3,7-8,11,14-15,18,21,23-24H2,1H3,(H,35,36,41). The Kier molecular flexibility index (Phi) is 10.0. The maximum absolute atomic E-state index is 12.9.